The molecule has 5 heteroatoms. The molecule has 4 N–H and O–H groups in total. The molecule has 0 aliphatic heterocycles. The summed E-state index contributed by atoms with van der Waals surface area (Å²) in [5, 5.41) is 3.96. The van der Waals surface area contributed by atoms with Crippen molar-refractivity contribution < 1.29 is 4.79 Å². The van der Waals surface area contributed by atoms with Gasteiger partial charge in [-0.15, -0.1) is 0 Å². The van der Waals surface area contributed by atoms with Crippen molar-refractivity contribution in [3.8, 4) is 0 Å². The van der Waals surface area contributed by atoms with E-state index in [0.29, 0.717) is 22.9 Å². The van der Waals surface area contributed by atoms with Gasteiger partial charge < -0.3 is 16.0 Å². The summed E-state index contributed by atoms with van der Waals surface area (Å²) in [4.78, 5) is 28.4. The van der Waals surface area contributed by atoms with Crippen molar-refractivity contribution in [2.75, 3.05) is 5.32 Å². The van der Waals surface area contributed by atoms with E-state index in [1.807, 2.05) is 48.5 Å². The Morgan fingerprint density at radius 3 is 2.44 bits per heavy atom. The smallest absolute Gasteiger partial charge is 0.241 e. The van der Waals surface area contributed by atoms with Crippen molar-refractivity contribution in [2.45, 2.75) is 12.5 Å². The summed E-state index contributed by atoms with van der Waals surface area (Å²) < 4.78 is 0. The molecule has 27 heavy (non-hydrogen) atoms. The summed E-state index contributed by atoms with van der Waals surface area (Å²) in [6.45, 7) is 0. The molecule has 134 valence electrons. The number of aromatic nitrogens is 1. The van der Waals surface area contributed by atoms with Gasteiger partial charge in [-0.1, -0.05) is 42.5 Å². The quantitative estimate of drug-likeness (QED) is 0.490. The Hall–Kier alpha value is -3.44. The van der Waals surface area contributed by atoms with Gasteiger partial charge in [0.05, 0.1) is 6.04 Å². The number of benzene rings is 3. The first-order valence-electron chi connectivity index (χ1n) is 8.77. The number of anilines is 1. The van der Waals surface area contributed by atoms with Gasteiger partial charge in [0.15, 0.2) is 5.43 Å². The van der Waals surface area contributed by atoms with Crippen molar-refractivity contribution in [3.05, 3.63) is 88.6 Å². The van der Waals surface area contributed by atoms with E-state index < -0.39 is 6.04 Å². The fourth-order valence-electron chi connectivity index (χ4n) is 3.19. The molecule has 4 aromatic rings. The zero-order valence-corrected chi connectivity index (χ0v) is 14.6. The molecule has 3 aromatic carbocycles. The normalized spacial score (nSPS) is 12.2. The summed E-state index contributed by atoms with van der Waals surface area (Å²) in [6, 6.07) is 21.6. The number of rotatable bonds is 4. The molecule has 0 fully saturated rings. The van der Waals surface area contributed by atoms with E-state index in [9.17, 15) is 9.59 Å². The Morgan fingerprint density at radius 2 is 1.63 bits per heavy atom. The van der Waals surface area contributed by atoms with Crippen LogP contribution in [0.4, 0.5) is 5.69 Å². The first-order chi connectivity index (χ1) is 13.1. The van der Waals surface area contributed by atoms with E-state index in [-0.39, 0.29) is 11.3 Å². The zero-order valence-electron chi connectivity index (χ0n) is 14.6. The van der Waals surface area contributed by atoms with Crippen LogP contribution in [-0.4, -0.2) is 16.9 Å². The first kappa shape index (κ1) is 17.0. The largest absolute Gasteiger partial charge is 0.354 e. The van der Waals surface area contributed by atoms with Gasteiger partial charge >= 0.3 is 0 Å². The van der Waals surface area contributed by atoms with Gasteiger partial charge in [0, 0.05) is 27.5 Å². The minimum atomic E-state index is -0.669. The monoisotopic (exact) mass is 357 g/mol. The van der Waals surface area contributed by atoms with Crippen LogP contribution in [0.3, 0.4) is 0 Å². The highest BCUT2D eigenvalue weighted by Gasteiger charge is 2.15. The first-order valence-corrected chi connectivity index (χ1v) is 8.77. The molecule has 0 unspecified atom stereocenters. The maximum Gasteiger partial charge on any atom is 0.241 e. The lowest BCUT2D eigenvalue weighted by Gasteiger charge is -2.13. The standard InChI is InChI=1S/C22H19N3O2/c23-18(12-14-6-2-1-3-7-14)22(27)24-15-10-11-20-17(13-15)21(26)16-8-4-5-9-19(16)25-20/h1-11,13,18H,12,23H2,(H,24,27)(H,25,26)/t18-/m0/s1. The van der Waals surface area contributed by atoms with E-state index in [0.717, 1.165) is 16.6 Å². The van der Waals surface area contributed by atoms with Gasteiger partial charge in [-0.05, 0) is 42.3 Å². The number of hydrogen-bond donors (Lipinski definition) is 3. The van der Waals surface area contributed by atoms with Crippen molar-refractivity contribution in [2.24, 2.45) is 5.73 Å². The van der Waals surface area contributed by atoms with Crippen molar-refractivity contribution in [3.63, 3.8) is 0 Å². The maximum atomic E-state index is 12.7. The van der Waals surface area contributed by atoms with Crippen LogP contribution in [0, 0.1) is 0 Å². The lowest BCUT2D eigenvalue weighted by atomic mass is 10.1. The van der Waals surface area contributed by atoms with E-state index in [2.05, 4.69) is 10.3 Å². The Kier molecular flexibility index (Phi) is 4.44. The molecule has 0 radical (unpaired) electrons. The predicted octanol–water partition coefficient (Wildman–Crippen LogP) is 3.19. The second-order valence-electron chi connectivity index (χ2n) is 6.55. The fraction of sp³-hybridized carbons (Fsp3) is 0.0909. The molecule has 0 bridgehead atoms. The van der Waals surface area contributed by atoms with Gasteiger partial charge in [-0.2, -0.15) is 0 Å². The molecule has 0 saturated heterocycles. The van der Waals surface area contributed by atoms with Crippen LogP contribution in [-0.2, 0) is 11.2 Å². The number of H-pyrrole nitrogens is 1. The van der Waals surface area contributed by atoms with E-state index in [1.54, 1.807) is 24.3 Å². The minimum absolute atomic E-state index is 0.0657. The molecule has 5 nitrogen and oxygen atoms in total. The average Bonchev–Trinajstić information content (AvgIpc) is 2.69. The molecular weight excluding hydrogens is 338 g/mol. The van der Waals surface area contributed by atoms with Crippen LogP contribution in [0.1, 0.15) is 5.56 Å². The minimum Gasteiger partial charge on any atom is -0.354 e. The number of nitrogens with one attached hydrogen (secondary N) is 2. The third kappa shape index (κ3) is 3.45. The van der Waals surface area contributed by atoms with Crippen LogP contribution < -0.4 is 16.5 Å². The highest BCUT2D eigenvalue weighted by molar-refractivity contribution is 5.98. The van der Waals surface area contributed by atoms with Gasteiger partial charge in [-0.3, -0.25) is 9.59 Å². The van der Waals surface area contributed by atoms with Crippen LogP contribution >= 0.6 is 0 Å². The van der Waals surface area contributed by atoms with Crippen molar-refractivity contribution in [1.29, 1.82) is 0 Å². The number of carbonyl (C=O) groups excluding carboxylic acids is 1. The molecule has 1 atom stereocenters. The number of amides is 1. The van der Waals surface area contributed by atoms with E-state index in [4.69, 9.17) is 5.73 Å². The summed E-state index contributed by atoms with van der Waals surface area (Å²) in [7, 11) is 0. The number of aromatic amines is 1. The van der Waals surface area contributed by atoms with Gasteiger partial charge in [0.25, 0.3) is 0 Å². The summed E-state index contributed by atoms with van der Waals surface area (Å²) in [6.07, 6.45) is 0.450. The Morgan fingerprint density at radius 1 is 0.926 bits per heavy atom. The van der Waals surface area contributed by atoms with E-state index >= 15 is 0 Å². The van der Waals surface area contributed by atoms with Crippen molar-refractivity contribution >= 4 is 33.4 Å². The summed E-state index contributed by atoms with van der Waals surface area (Å²) in [5.41, 5.74) is 9.04. The number of para-hydroxylation sites is 1. The zero-order chi connectivity index (χ0) is 18.8. The number of nitrogens with two attached hydrogens (primary N) is 1. The topological polar surface area (TPSA) is 88.0 Å². The number of pyridine rings is 1. The van der Waals surface area contributed by atoms with Crippen LogP contribution in [0.25, 0.3) is 21.8 Å². The van der Waals surface area contributed by atoms with Gasteiger partial charge in [0.2, 0.25) is 5.91 Å². The third-order valence-electron chi connectivity index (χ3n) is 4.61. The fourth-order valence-corrected chi connectivity index (χ4v) is 3.19. The molecule has 4 rings (SSSR count). The second kappa shape index (κ2) is 7.05. The highest BCUT2D eigenvalue weighted by Crippen LogP contribution is 2.19. The lowest BCUT2D eigenvalue weighted by Crippen LogP contribution is -2.37. The Bertz CT molecular complexity index is 1180. The van der Waals surface area contributed by atoms with E-state index in [1.165, 1.54) is 0 Å². The van der Waals surface area contributed by atoms with Crippen LogP contribution in [0.2, 0.25) is 0 Å². The van der Waals surface area contributed by atoms with Crippen molar-refractivity contribution in [1.82, 2.24) is 4.98 Å². The molecule has 1 heterocycles. The molecule has 0 aliphatic rings. The van der Waals surface area contributed by atoms with Crippen LogP contribution in [0.15, 0.2) is 77.6 Å². The van der Waals surface area contributed by atoms with Gasteiger partial charge in [-0.25, -0.2) is 0 Å². The average molecular weight is 357 g/mol. The molecule has 0 spiro atoms. The summed E-state index contributed by atoms with van der Waals surface area (Å²) >= 11 is 0. The SMILES string of the molecule is N[C@@H](Cc1ccccc1)C(=O)Nc1ccc2[nH]c3ccccc3c(=O)c2c1. The predicted molar refractivity (Wildman–Crippen MR) is 109 cm³/mol. The molecule has 0 saturated carbocycles. The molecular formula is C22H19N3O2. The number of fused-ring (bicyclic) bond motifs is 2. The van der Waals surface area contributed by atoms with Gasteiger partial charge in [0.1, 0.15) is 0 Å². The Balaban J connectivity index is 1.60. The number of carbonyl (C=O) groups is 1. The number of hydrogen-bond acceptors (Lipinski definition) is 3. The second-order valence-corrected chi connectivity index (χ2v) is 6.55. The summed E-state index contributed by atoms with van der Waals surface area (Å²) in [5.74, 6) is -0.282. The van der Waals surface area contributed by atoms with Crippen LogP contribution in [0.5, 0.6) is 0 Å². The third-order valence-corrected chi connectivity index (χ3v) is 4.61. The molecule has 0 aliphatic carbocycles. The Labute approximate surface area is 155 Å². The molecule has 1 aromatic heterocycles. The highest BCUT2D eigenvalue weighted by atomic mass is 16.2. The lowest BCUT2D eigenvalue weighted by molar-refractivity contribution is -0.117. The molecule has 1 amide bonds. The maximum absolute atomic E-state index is 12.7.